The molecular weight excluding hydrogens is 585 g/mol. The molecule has 2 heterocycles. The molecule has 1 saturated heterocycles. The van der Waals surface area contributed by atoms with Crippen LogP contribution in [0.3, 0.4) is 0 Å². The molecule has 236 valence electrons. The highest BCUT2D eigenvalue weighted by molar-refractivity contribution is 6.06. The Balaban J connectivity index is 1.38. The maximum absolute atomic E-state index is 13.4. The molecule has 9 nitrogen and oxygen atoms in total. The van der Waals surface area contributed by atoms with Gasteiger partial charge in [0.2, 0.25) is 11.8 Å². The van der Waals surface area contributed by atoms with Crippen molar-refractivity contribution in [3.05, 3.63) is 89.6 Å². The monoisotopic (exact) mass is 620 g/mol. The van der Waals surface area contributed by atoms with Crippen LogP contribution in [0.25, 0.3) is 0 Å². The summed E-state index contributed by atoms with van der Waals surface area (Å²) in [6.07, 6.45) is -3.56. The van der Waals surface area contributed by atoms with Crippen LogP contribution in [-0.4, -0.2) is 59.4 Å². The molecule has 0 spiro atoms. The molecule has 0 bridgehead atoms. The standard InChI is InChI=1S/C33H35F3N6O3/c1-21(2)41-15-17-42(18-16-41)25-13-11-24(12-14-25)38-32-37-20-28(30(43)39-29-22(3)7-5-8-23(29)4)31(40-32)44-26-9-6-10-27(19-26)45-33(34,35)36/h5-14,19-21H,15-18H2,1-4H3,(H,39,43)(H,37,38,40). The number of piperazine rings is 1. The van der Waals surface area contributed by atoms with Crippen molar-refractivity contribution < 1.29 is 27.4 Å². The summed E-state index contributed by atoms with van der Waals surface area (Å²) in [6.45, 7) is 12.0. The molecule has 2 N–H and O–H groups in total. The van der Waals surface area contributed by atoms with Gasteiger partial charge in [0.05, 0.1) is 0 Å². The molecule has 0 atom stereocenters. The molecule has 0 aliphatic carbocycles. The van der Waals surface area contributed by atoms with Crippen molar-refractivity contribution in [3.63, 3.8) is 0 Å². The van der Waals surface area contributed by atoms with E-state index in [-0.39, 0.29) is 23.1 Å². The number of para-hydroxylation sites is 1. The SMILES string of the molecule is Cc1cccc(C)c1NC(=O)c1cnc(Nc2ccc(N3CCN(C(C)C)CC3)cc2)nc1Oc1cccc(OC(F)(F)F)c1. The molecule has 1 amide bonds. The van der Waals surface area contributed by atoms with Gasteiger partial charge in [-0.1, -0.05) is 24.3 Å². The third-order valence-electron chi connectivity index (χ3n) is 7.50. The van der Waals surface area contributed by atoms with E-state index >= 15 is 0 Å². The molecule has 0 saturated carbocycles. The van der Waals surface area contributed by atoms with Gasteiger partial charge in [-0.3, -0.25) is 9.69 Å². The predicted octanol–water partition coefficient (Wildman–Crippen LogP) is 7.31. The summed E-state index contributed by atoms with van der Waals surface area (Å²) < 4.78 is 48.4. The third-order valence-corrected chi connectivity index (χ3v) is 7.50. The Morgan fingerprint density at radius 2 is 1.56 bits per heavy atom. The third kappa shape index (κ3) is 8.21. The quantitative estimate of drug-likeness (QED) is 0.201. The Kier molecular flexibility index (Phi) is 9.43. The number of rotatable bonds is 9. The number of hydrogen-bond donors (Lipinski definition) is 2. The predicted molar refractivity (Wildman–Crippen MR) is 168 cm³/mol. The number of aromatic nitrogens is 2. The topological polar surface area (TPSA) is 91.9 Å². The minimum absolute atomic E-state index is 0.00978. The molecule has 1 aliphatic heterocycles. The van der Waals surface area contributed by atoms with Gasteiger partial charge < -0.3 is 25.0 Å². The van der Waals surface area contributed by atoms with Gasteiger partial charge in [0.15, 0.2) is 0 Å². The van der Waals surface area contributed by atoms with E-state index in [1.165, 1.54) is 18.3 Å². The number of carbonyl (C=O) groups is 1. The van der Waals surface area contributed by atoms with Gasteiger partial charge in [-0.2, -0.15) is 4.98 Å². The van der Waals surface area contributed by atoms with Gasteiger partial charge >= 0.3 is 6.36 Å². The summed E-state index contributed by atoms with van der Waals surface area (Å²) in [6, 6.07) is 19.0. The molecule has 5 rings (SSSR count). The first kappa shape index (κ1) is 31.6. The lowest BCUT2D eigenvalue weighted by atomic mass is 10.1. The van der Waals surface area contributed by atoms with Gasteiger partial charge in [-0.05, 0) is 75.2 Å². The van der Waals surface area contributed by atoms with Crippen molar-refractivity contribution >= 4 is 28.9 Å². The van der Waals surface area contributed by atoms with Crippen LogP contribution in [0.5, 0.6) is 17.4 Å². The number of alkyl halides is 3. The molecule has 45 heavy (non-hydrogen) atoms. The maximum atomic E-state index is 13.4. The zero-order chi connectivity index (χ0) is 32.1. The molecule has 1 aromatic heterocycles. The number of amides is 1. The number of hydrogen-bond acceptors (Lipinski definition) is 8. The van der Waals surface area contributed by atoms with Crippen molar-refractivity contribution in [1.29, 1.82) is 0 Å². The van der Waals surface area contributed by atoms with Crippen LogP contribution < -0.4 is 25.0 Å². The first-order valence-electron chi connectivity index (χ1n) is 14.6. The van der Waals surface area contributed by atoms with Gasteiger partial charge in [-0.25, -0.2) is 4.98 Å². The van der Waals surface area contributed by atoms with Crippen LogP contribution in [-0.2, 0) is 0 Å². The van der Waals surface area contributed by atoms with Crippen LogP contribution in [0.15, 0.2) is 72.9 Å². The molecule has 1 aliphatic rings. The lowest BCUT2D eigenvalue weighted by molar-refractivity contribution is -0.274. The van der Waals surface area contributed by atoms with E-state index in [9.17, 15) is 18.0 Å². The van der Waals surface area contributed by atoms with E-state index in [2.05, 4.69) is 49.0 Å². The number of nitrogens with zero attached hydrogens (tertiary/aromatic N) is 4. The zero-order valence-electron chi connectivity index (χ0n) is 25.5. The zero-order valence-corrected chi connectivity index (χ0v) is 25.5. The fourth-order valence-electron chi connectivity index (χ4n) is 5.08. The van der Waals surface area contributed by atoms with E-state index in [4.69, 9.17) is 4.74 Å². The summed E-state index contributed by atoms with van der Waals surface area (Å²) in [4.78, 5) is 27.0. The average Bonchev–Trinajstić information content (AvgIpc) is 2.99. The van der Waals surface area contributed by atoms with E-state index in [0.29, 0.717) is 17.4 Å². The molecule has 0 radical (unpaired) electrons. The number of ether oxygens (including phenoxy) is 2. The summed E-state index contributed by atoms with van der Waals surface area (Å²) in [5, 5.41) is 6.00. The number of carbonyl (C=O) groups excluding carboxylic acids is 1. The Bertz CT molecular complexity index is 1620. The maximum Gasteiger partial charge on any atom is 0.573 e. The smallest absolute Gasteiger partial charge is 0.438 e. The number of nitrogens with one attached hydrogen (secondary N) is 2. The van der Waals surface area contributed by atoms with Crippen LogP contribution >= 0.6 is 0 Å². The molecule has 0 unspecified atom stereocenters. The van der Waals surface area contributed by atoms with Crippen molar-refractivity contribution in [1.82, 2.24) is 14.9 Å². The minimum Gasteiger partial charge on any atom is -0.438 e. The van der Waals surface area contributed by atoms with Crippen LogP contribution in [0.4, 0.5) is 36.2 Å². The first-order valence-corrected chi connectivity index (χ1v) is 14.6. The number of benzene rings is 3. The fourth-order valence-corrected chi connectivity index (χ4v) is 5.08. The number of halogens is 3. The molecule has 12 heteroatoms. The van der Waals surface area contributed by atoms with E-state index in [1.807, 2.05) is 56.3 Å². The summed E-state index contributed by atoms with van der Waals surface area (Å²) >= 11 is 0. The Morgan fingerprint density at radius 1 is 0.911 bits per heavy atom. The van der Waals surface area contributed by atoms with Gasteiger partial charge in [0.25, 0.3) is 5.91 Å². The lowest BCUT2D eigenvalue weighted by Gasteiger charge is -2.38. The highest BCUT2D eigenvalue weighted by Gasteiger charge is 2.31. The summed E-state index contributed by atoms with van der Waals surface area (Å²) in [7, 11) is 0. The largest absolute Gasteiger partial charge is 0.573 e. The molecular formula is C33H35F3N6O3. The number of aryl methyl sites for hydroxylation is 2. The first-order chi connectivity index (χ1) is 21.4. The van der Waals surface area contributed by atoms with Crippen molar-refractivity contribution in [3.8, 4) is 17.4 Å². The van der Waals surface area contributed by atoms with Gasteiger partial charge in [-0.15, -0.1) is 13.2 Å². The highest BCUT2D eigenvalue weighted by atomic mass is 19.4. The van der Waals surface area contributed by atoms with E-state index in [0.717, 1.165) is 55.1 Å². The average molecular weight is 621 g/mol. The van der Waals surface area contributed by atoms with Crippen LogP contribution in [0, 0.1) is 13.8 Å². The molecule has 4 aromatic rings. The minimum atomic E-state index is -4.88. The summed E-state index contributed by atoms with van der Waals surface area (Å²) in [5.74, 6) is -1.04. The second-order valence-electron chi connectivity index (χ2n) is 11.0. The van der Waals surface area contributed by atoms with Crippen LogP contribution in [0.1, 0.15) is 35.3 Å². The van der Waals surface area contributed by atoms with Crippen LogP contribution in [0.2, 0.25) is 0 Å². The number of anilines is 4. The second-order valence-corrected chi connectivity index (χ2v) is 11.0. The van der Waals surface area contributed by atoms with Crippen molar-refractivity contribution in [2.45, 2.75) is 40.1 Å². The molecule has 1 fully saturated rings. The lowest BCUT2D eigenvalue weighted by Crippen LogP contribution is -2.48. The van der Waals surface area contributed by atoms with Crippen molar-refractivity contribution in [2.24, 2.45) is 0 Å². The fraction of sp³-hybridized carbons (Fsp3) is 0.303. The Labute approximate surface area is 260 Å². The van der Waals surface area contributed by atoms with Gasteiger partial charge in [0.1, 0.15) is 17.1 Å². The van der Waals surface area contributed by atoms with Crippen molar-refractivity contribution in [2.75, 3.05) is 41.7 Å². The Hall–Kier alpha value is -4.84. The van der Waals surface area contributed by atoms with Gasteiger partial charge in [0, 0.05) is 61.5 Å². The second kappa shape index (κ2) is 13.4. The van der Waals surface area contributed by atoms with E-state index < -0.39 is 18.0 Å². The summed E-state index contributed by atoms with van der Waals surface area (Å²) in [5.41, 5.74) is 4.13. The normalized spacial score (nSPS) is 13.9. The van der Waals surface area contributed by atoms with E-state index in [1.54, 1.807) is 0 Å². The Morgan fingerprint density at radius 3 is 2.20 bits per heavy atom. The highest BCUT2D eigenvalue weighted by Crippen LogP contribution is 2.31. The molecule has 3 aromatic carbocycles.